The Labute approximate surface area is 165 Å². The van der Waals surface area contributed by atoms with Crippen LogP contribution in [0.4, 0.5) is 0 Å². The van der Waals surface area contributed by atoms with Crippen molar-refractivity contribution in [1.29, 1.82) is 0 Å². The number of carbonyl (C=O) groups is 1. The first-order chi connectivity index (χ1) is 13.6. The molecule has 2 aromatic carbocycles. The summed E-state index contributed by atoms with van der Waals surface area (Å²) in [6.07, 6.45) is 1.17. The molecule has 6 nitrogen and oxygen atoms in total. The van der Waals surface area contributed by atoms with Crippen molar-refractivity contribution in [1.82, 2.24) is 9.88 Å². The summed E-state index contributed by atoms with van der Waals surface area (Å²) in [4.78, 5) is 17.0. The first kappa shape index (κ1) is 19.9. The number of aromatic nitrogens is 1. The average molecular weight is 380 g/mol. The molecule has 0 saturated carbocycles. The average Bonchev–Trinajstić information content (AvgIpc) is 2.72. The molecule has 6 heteroatoms. The van der Waals surface area contributed by atoms with E-state index in [0.29, 0.717) is 6.54 Å². The normalized spacial score (nSPS) is 11.9. The van der Waals surface area contributed by atoms with Crippen LogP contribution in [0.2, 0.25) is 0 Å². The van der Waals surface area contributed by atoms with Crippen molar-refractivity contribution in [2.24, 2.45) is 10.9 Å². The van der Waals surface area contributed by atoms with Crippen LogP contribution in [0, 0.1) is 13.8 Å². The van der Waals surface area contributed by atoms with E-state index in [2.05, 4.69) is 53.2 Å². The minimum atomic E-state index is -0.0657. The van der Waals surface area contributed by atoms with Crippen molar-refractivity contribution in [3.63, 3.8) is 0 Å². The van der Waals surface area contributed by atoms with E-state index in [4.69, 9.17) is 10.6 Å². The molecule has 1 amide bonds. The maximum absolute atomic E-state index is 11.4. The van der Waals surface area contributed by atoms with E-state index in [0.717, 1.165) is 40.1 Å². The van der Waals surface area contributed by atoms with Gasteiger partial charge < -0.3 is 20.5 Å². The molecule has 148 valence electrons. The molecule has 0 atom stereocenters. The van der Waals surface area contributed by atoms with Crippen molar-refractivity contribution in [2.75, 3.05) is 20.2 Å². The Hall–Kier alpha value is -2.86. The number of rotatable bonds is 7. The van der Waals surface area contributed by atoms with Crippen LogP contribution in [0.25, 0.3) is 21.8 Å². The van der Waals surface area contributed by atoms with Crippen LogP contribution in [-0.2, 0) is 16.2 Å². The fraction of sp³-hybridized carbons (Fsp3) is 0.364. The van der Waals surface area contributed by atoms with Crippen LogP contribution in [0.1, 0.15) is 24.0 Å². The van der Waals surface area contributed by atoms with Crippen molar-refractivity contribution in [3.8, 4) is 0 Å². The second kappa shape index (κ2) is 8.89. The summed E-state index contributed by atoms with van der Waals surface area (Å²) < 4.78 is 2.34. The van der Waals surface area contributed by atoms with Crippen molar-refractivity contribution < 1.29 is 9.63 Å². The van der Waals surface area contributed by atoms with Gasteiger partial charge in [-0.3, -0.25) is 4.79 Å². The number of nitrogens with zero attached hydrogens (tertiary/aromatic N) is 2. The smallest absolute Gasteiger partial charge is 0.223 e. The standard InChI is InChI=1S/C22H28N4O2/c1-15-9-10-18-21(25-28-14-11-20(27)24-3)17-7-4-5-8-19(17)26(13-6-12-23)22(18)16(15)2/h4-5,7-10H,6,11-14,23H2,1-3H3,(H,24,27). The molecule has 0 aliphatic carbocycles. The first-order valence-electron chi connectivity index (χ1n) is 9.66. The summed E-state index contributed by atoms with van der Waals surface area (Å²) in [5.74, 6) is -0.0657. The highest BCUT2D eigenvalue weighted by atomic mass is 16.6. The monoisotopic (exact) mass is 380 g/mol. The number of pyridine rings is 1. The highest BCUT2D eigenvalue weighted by Gasteiger charge is 2.13. The molecule has 28 heavy (non-hydrogen) atoms. The van der Waals surface area contributed by atoms with Crippen LogP contribution in [0.3, 0.4) is 0 Å². The summed E-state index contributed by atoms with van der Waals surface area (Å²) in [5.41, 5.74) is 10.5. The third-order valence-electron chi connectivity index (χ3n) is 5.12. The lowest BCUT2D eigenvalue weighted by molar-refractivity contribution is -0.121. The number of amides is 1. The second-order valence-corrected chi connectivity index (χ2v) is 6.91. The third kappa shape index (κ3) is 3.87. The lowest BCUT2D eigenvalue weighted by atomic mass is 10.0. The molecule has 1 aromatic heterocycles. The third-order valence-corrected chi connectivity index (χ3v) is 5.12. The number of nitrogens with two attached hydrogens (primary N) is 1. The number of fused-ring (bicyclic) bond motifs is 2. The zero-order valence-electron chi connectivity index (χ0n) is 16.8. The van der Waals surface area contributed by atoms with Gasteiger partial charge in [0.1, 0.15) is 12.0 Å². The summed E-state index contributed by atoms with van der Waals surface area (Å²) in [7, 11) is 1.61. The topological polar surface area (TPSA) is 81.6 Å². The van der Waals surface area contributed by atoms with Gasteiger partial charge in [0.25, 0.3) is 0 Å². The lowest BCUT2D eigenvalue weighted by Gasteiger charge is -2.18. The van der Waals surface area contributed by atoms with Gasteiger partial charge in [-0.1, -0.05) is 35.5 Å². The van der Waals surface area contributed by atoms with Gasteiger partial charge >= 0.3 is 0 Å². The number of nitrogens with one attached hydrogen (secondary N) is 1. The van der Waals surface area contributed by atoms with E-state index in [1.807, 2.05) is 12.1 Å². The first-order valence-corrected chi connectivity index (χ1v) is 9.66. The van der Waals surface area contributed by atoms with E-state index in [1.165, 1.54) is 11.1 Å². The van der Waals surface area contributed by atoms with E-state index < -0.39 is 0 Å². The van der Waals surface area contributed by atoms with Gasteiger partial charge in [-0.25, -0.2) is 0 Å². The number of aryl methyl sites for hydroxylation is 3. The predicted octanol–water partition coefficient (Wildman–Crippen LogP) is 2.73. The number of hydrogen-bond acceptors (Lipinski definition) is 4. The van der Waals surface area contributed by atoms with Gasteiger partial charge in [-0.15, -0.1) is 0 Å². The van der Waals surface area contributed by atoms with E-state index in [-0.39, 0.29) is 18.9 Å². The molecule has 1 heterocycles. The van der Waals surface area contributed by atoms with Crippen molar-refractivity contribution in [2.45, 2.75) is 33.2 Å². The lowest BCUT2D eigenvalue weighted by Crippen LogP contribution is -2.19. The maximum Gasteiger partial charge on any atom is 0.223 e. The Bertz CT molecular complexity index is 1070. The molecule has 3 rings (SSSR count). The van der Waals surface area contributed by atoms with Gasteiger partial charge in [0.2, 0.25) is 5.91 Å². The molecular weight excluding hydrogens is 352 g/mol. The van der Waals surface area contributed by atoms with Crippen LogP contribution in [0.15, 0.2) is 41.6 Å². The largest absolute Gasteiger partial charge is 0.395 e. The minimum absolute atomic E-state index is 0.0657. The van der Waals surface area contributed by atoms with Gasteiger partial charge in [0.05, 0.1) is 17.5 Å². The maximum atomic E-state index is 11.4. The Kier molecular flexibility index (Phi) is 6.31. The molecule has 3 aromatic rings. The van der Waals surface area contributed by atoms with Gasteiger partial charge in [0, 0.05) is 24.4 Å². The molecule has 0 radical (unpaired) electrons. The van der Waals surface area contributed by atoms with E-state index in [1.54, 1.807) is 7.05 Å². The van der Waals surface area contributed by atoms with Crippen molar-refractivity contribution >= 4 is 27.7 Å². The molecule has 0 aliphatic heterocycles. The molecule has 3 N–H and O–H groups in total. The van der Waals surface area contributed by atoms with Crippen LogP contribution >= 0.6 is 0 Å². The Morgan fingerprint density at radius 1 is 1.18 bits per heavy atom. The number of benzene rings is 2. The fourth-order valence-electron chi connectivity index (χ4n) is 3.47. The highest BCUT2D eigenvalue weighted by Crippen LogP contribution is 2.24. The number of carbonyl (C=O) groups excluding carboxylic acids is 1. The Morgan fingerprint density at radius 3 is 2.71 bits per heavy atom. The summed E-state index contributed by atoms with van der Waals surface area (Å²) >= 11 is 0. The molecule has 0 unspecified atom stereocenters. The Morgan fingerprint density at radius 2 is 1.96 bits per heavy atom. The van der Waals surface area contributed by atoms with Gasteiger partial charge in [-0.05, 0) is 44.0 Å². The predicted molar refractivity (Wildman–Crippen MR) is 113 cm³/mol. The molecule has 0 fully saturated rings. The zero-order chi connectivity index (χ0) is 20.1. The summed E-state index contributed by atoms with van der Waals surface area (Å²) in [6, 6.07) is 12.4. The van der Waals surface area contributed by atoms with Crippen molar-refractivity contribution in [3.05, 3.63) is 52.9 Å². The molecular formula is C22H28N4O2. The Balaban J connectivity index is 2.24. The quantitative estimate of drug-likeness (QED) is 0.376. The molecule has 0 spiro atoms. The van der Waals surface area contributed by atoms with Gasteiger partial charge in [0.15, 0.2) is 0 Å². The second-order valence-electron chi connectivity index (χ2n) is 6.91. The summed E-state index contributed by atoms with van der Waals surface area (Å²) in [5, 5.41) is 9.90. The van der Waals surface area contributed by atoms with Crippen LogP contribution in [0.5, 0.6) is 0 Å². The number of para-hydroxylation sites is 1. The molecule has 0 aliphatic rings. The zero-order valence-corrected chi connectivity index (χ0v) is 16.8. The van der Waals surface area contributed by atoms with E-state index in [9.17, 15) is 4.79 Å². The molecule has 0 bridgehead atoms. The fourth-order valence-corrected chi connectivity index (χ4v) is 3.47. The molecule has 0 saturated heterocycles. The summed E-state index contributed by atoms with van der Waals surface area (Å²) in [6.45, 7) is 5.98. The highest BCUT2D eigenvalue weighted by molar-refractivity contribution is 5.95. The SMILES string of the molecule is CNC(=O)CCON=c1c2ccccc2n(CCCN)c2c(C)c(C)ccc12. The van der Waals surface area contributed by atoms with Gasteiger partial charge in [-0.2, -0.15) is 0 Å². The van der Waals surface area contributed by atoms with Crippen LogP contribution in [-0.4, -0.2) is 30.7 Å². The minimum Gasteiger partial charge on any atom is -0.395 e. The number of hydrogen-bond donors (Lipinski definition) is 2. The van der Waals surface area contributed by atoms with E-state index >= 15 is 0 Å². The van der Waals surface area contributed by atoms with Crippen LogP contribution < -0.4 is 16.4 Å².